The van der Waals surface area contributed by atoms with Crippen molar-refractivity contribution in [2.75, 3.05) is 33.3 Å². The predicted octanol–water partition coefficient (Wildman–Crippen LogP) is 2.84. The molecule has 1 saturated heterocycles. The molecule has 1 aliphatic rings. The molecule has 1 fully saturated rings. The Kier molecular flexibility index (Phi) is 5.39. The van der Waals surface area contributed by atoms with Crippen molar-refractivity contribution in [1.29, 1.82) is 0 Å². The highest BCUT2D eigenvalue weighted by Crippen LogP contribution is 2.15. The molecule has 3 aromatic rings. The molecule has 0 unspecified atom stereocenters. The molecule has 1 aromatic heterocycles. The predicted molar refractivity (Wildman–Crippen MR) is 108 cm³/mol. The number of ether oxygens (including phenoxy) is 1. The molecule has 2 heterocycles. The van der Waals surface area contributed by atoms with Gasteiger partial charge in [-0.05, 0) is 42.5 Å². The van der Waals surface area contributed by atoms with Gasteiger partial charge < -0.3 is 9.64 Å². The topological polar surface area (TPSA) is 50.6 Å². The van der Waals surface area contributed by atoms with Crippen LogP contribution in [0.1, 0.15) is 16.1 Å². The van der Waals surface area contributed by atoms with E-state index in [-0.39, 0.29) is 5.91 Å². The zero-order valence-electron chi connectivity index (χ0n) is 16.0. The number of hydrogen-bond donors (Lipinski definition) is 0. The van der Waals surface area contributed by atoms with E-state index in [9.17, 15) is 4.79 Å². The van der Waals surface area contributed by atoms with Crippen LogP contribution in [0.5, 0.6) is 5.75 Å². The summed E-state index contributed by atoms with van der Waals surface area (Å²) in [5, 5.41) is 4.68. The first kappa shape index (κ1) is 18.3. The van der Waals surface area contributed by atoms with Gasteiger partial charge in [0, 0.05) is 44.5 Å². The Morgan fingerprint density at radius 2 is 1.68 bits per heavy atom. The van der Waals surface area contributed by atoms with Gasteiger partial charge >= 0.3 is 0 Å². The van der Waals surface area contributed by atoms with Crippen molar-refractivity contribution < 1.29 is 9.53 Å². The normalized spacial score (nSPS) is 14.8. The van der Waals surface area contributed by atoms with Crippen molar-refractivity contribution in [1.82, 2.24) is 19.6 Å². The first-order valence-corrected chi connectivity index (χ1v) is 9.48. The third kappa shape index (κ3) is 4.07. The second-order valence-corrected chi connectivity index (χ2v) is 6.88. The number of para-hydroxylation sites is 1. The molecular weight excluding hydrogens is 352 g/mol. The van der Waals surface area contributed by atoms with Crippen molar-refractivity contribution in [2.24, 2.45) is 0 Å². The van der Waals surface area contributed by atoms with Gasteiger partial charge in [-0.2, -0.15) is 5.10 Å². The van der Waals surface area contributed by atoms with E-state index in [1.807, 2.05) is 70.4 Å². The Labute approximate surface area is 164 Å². The molecule has 0 spiro atoms. The number of carbonyl (C=O) groups excluding carboxylic acids is 1. The first-order chi connectivity index (χ1) is 13.7. The van der Waals surface area contributed by atoms with Gasteiger partial charge in [0.15, 0.2) is 0 Å². The van der Waals surface area contributed by atoms with E-state index in [0.717, 1.165) is 49.9 Å². The Hall–Kier alpha value is -3.12. The average molecular weight is 376 g/mol. The fourth-order valence-corrected chi connectivity index (χ4v) is 3.42. The second kappa shape index (κ2) is 8.27. The maximum Gasteiger partial charge on any atom is 0.253 e. The van der Waals surface area contributed by atoms with Gasteiger partial charge in [0.1, 0.15) is 5.75 Å². The van der Waals surface area contributed by atoms with Gasteiger partial charge in [-0.15, -0.1) is 0 Å². The summed E-state index contributed by atoms with van der Waals surface area (Å²) in [6.07, 6.45) is 1.99. The fraction of sp³-hybridized carbons (Fsp3) is 0.273. The van der Waals surface area contributed by atoms with Gasteiger partial charge in [-0.3, -0.25) is 9.69 Å². The van der Waals surface area contributed by atoms with Crippen LogP contribution in [0.15, 0.2) is 66.9 Å². The number of aromatic nitrogens is 2. The van der Waals surface area contributed by atoms with Crippen LogP contribution < -0.4 is 4.74 Å². The van der Waals surface area contributed by atoms with Gasteiger partial charge in [0.2, 0.25) is 0 Å². The number of carbonyl (C=O) groups is 1. The maximum atomic E-state index is 12.7. The standard InChI is InChI=1S/C22H24N4O2/c1-28-21-9-7-18(8-10-21)22(27)25-15-13-24(14-16-25)17-19-11-12-26(23-19)20-5-3-2-4-6-20/h2-12H,13-17H2,1H3. The van der Waals surface area contributed by atoms with Crippen molar-refractivity contribution in [3.63, 3.8) is 0 Å². The lowest BCUT2D eigenvalue weighted by molar-refractivity contribution is 0.0627. The van der Waals surface area contributed by atoms with Crippen LogP contribution in [0.3, 0.4) is 0 Å². The van der Waals surface area contributed by atoms with Gasteiger partial charge in [-0.25, -0.2) is 4.68 Å². The van der Waals surface area contributed by atoms with Crippen LogP contribution in [0.2, 0.25) is 0 Å². The minimum atomic E-state index is 0.0793. The lowest BCUT2D eigenvalue weighted by Crippen LogP contribution is -2.48. The zero-order chi connectivity index (χ0) is 19.3. The van der Waals surface area contributed by atoms with E-state index in [1.165, 1.54) is 0 Å². The summed E-state index contributed by atoms with van der Waals surface area (Å²) in [4.78, 5) is 16.9. The highest BCUT2D eigenvalue weighted by Gasteiger charge is 2.22. The molecule has 0 aliphatic carbocycles. The monoisotopic (exact) mass is 376 g/mol. The number of nitrogens with zero attached hydrogens (tertiary/aromatic N) is 4. The lowest BCUT2D eigenvalue weighted by Gasteiger charge is -2.34. The summed E-state index contributed by atoms with van der Waals surface area (Å²) in [6.45, 7) is 3.94. The number of rotatable bonds is 5. The van der Waals surface area contributed by atoms with Crippen molar-refractivity contribution >= 4 is 5.91 Å². The fourth-order valence-electron chi connectivity index (χ4n) is 3.42. The molecule has 6 heteroatoms. The summed E-state index contributed by atoms with van der Waals surface area (Å²) in [5.41, 5.74) is 2.80. The highest BCUT2D eigenvalue weighted by molar-refractivity contribution is 5.94. The van der Waals surface area contributed by atoms with Crippen LogP contribution in [-0.2, 0) is 6.54 Å². The van der Waals surface area contributed by atoms with Crippen molar-refractivity contribution in [3.05, 3.63) is 78.1 Å². The molecular formula is C22H24N4O2. The number of methoxy groups -OCH3 is 1. The van der Waals surface area contributed by atoms with E-state index >= 15 is 0 Å². The molecule has 0 atom stereocenters. The Morgan fingerprint density at radius 3 is 2.36 bits per heavy atom. The number of piperazine rings is 1. The van der Waals surface area contributed by atoms with Gasteiger partial charge in [0.05, 0.1) is 18.5 Å². The first-order valence-electron chi connectivity index (χ1n) is 9.48. The second-order valence-electron chi connectivity index (χ2n) is 6.88. The van der Waals surface area contributed by atoms with E-state index < -0.39 is 0 Å². The lowest BCUT2D eigenvalue weighted by atomic mass is 10.1. The summed E-state index contributed by atoms with van der Waals surface area (Å²) in [7, 11) is 1.62. The molecule has 4 rings (SSSR count). The van der Waals surface area contributed by atoms with Crippen molar-refractivity contribution in [2.45, 2.75) is 6.54 Å². The summed E-state index contributed by atoms with van der Waals surface area (Å²) in [6, 6.07) is 19.5. The molecule has 0 radical (unpaired) electrons. The zero-order valence-corrected chi connectivity index (χ0v) is 16.0. The quantitative estimate of drug-likeness (QED) is 0.687. The largest absolute Gasteiger partial charge is 0.497 e. The minimum absolute atomic E-state index is 0.0793. The molecule has 2 aromatic carbocycles. The van der Waals surface area contributed by atoms with Crippen LogP contribution in [0.4, 0.5) is 0 Å². The van der Waals surface area contributed by atoms with E-state index in [1.54, 1.807) is 7.11 Å². The number of amides is 1. The van der Waals surface area contributed by atoms with Gasteiger partial charge in [0.25, 0.3) is 5.91 Å². The Bertz CT molecular complexity index is 913. The average Bonchev–Trinajstić information content (AvgIpc) is 3.23. The van der Waals surface area contributed by atoms with Crippen LogP contribution in [0, 0.1) is 0 Å². The SMILES string of the molecule is COc1ccc(C(=O)N2CCN(Cc3ccn(-c4ccccc4)n3)CC2)cc1. The van der Waals surface area contributed by atoms with Crippen LogP contribution >= 0.6 is 0 Å². The molecule has 6 nitrogen and oxygen atoms in total. The minimum Gasteiger partial charge on any atom is -0.497 e. The van der Waals surface area contributed by atoms with Crippen molar-refractivity contribution in [3.8, 4) is 11.4 Å². The van der Waals surface area contributed by atoms with E-state index in [0.29, 0.717) is 5.56 Å². The molecule has 0 saturated carbocycles. The summed E-state index contributed by atoms with van der Waals surface area (Å²) < 4.78 is 7.06. The van der Waals surface area contributed by atoms with Crippen LogP contribution in [0.25, 0.3) is 5.69 Å². The Morgan fingerprint density at radius 1 is 0.964 bits per heavy atom. The molecule has 1 aliphatic heterocycles. The maximum absolute atomic E-state index is 12.7. The summed E-state index contributed by atoms with van der Waals surface area (Å²) >= 11 is 0. The number of benzene rings is 2. The molecule has 28 heavy (non-hydrogen) atoms. The molecule has 0 N–H and O–H groups in total. The van der Waals surface area contributed by atoms with E-state index in [2.05, 4.69) is 16.1 Å². The molecule has 1 amide bonds. The smallest absolute Gasteiger partial charge is 0.253 e. The van der Waals surface area contributed by atoms with Gasteiger partial charge in [-0.1, -0.05) is 18.2 Å². The molecule has 0 bridgehead atoms. The highest BCUT2D eigenvalue weighted by atomic mass is 16.5. The number of hydrogen-bond acceptors (Lipinski definition) is 4. The third-order valence-electron chi connectivity index (χ3n) is 5.05. The third-order valence-corrected chi connectivity index (χ3v) is 5.05. The Balaban J connectivity index is 1.32. The van der Waals surface area contributed by atoms with Crippen LogP contribution in [-0.4, -0.2) is 58.8 Å². The summed E-state index contributed by atoms with van der Waals surface area (Å²) in [5.74, 6) is 0.840. The molecule has 144 valence electrons. The van der Waals surface area contributed by atoms with E-state index in [4.69, 9.17) is 4.74 Å².